The number of nitrogens with zero attached hydrogens (tertiary/aromatic N) is 1. The third-order valence-electron chi connectivity index (χ3n) is 3.83. The molecule has 1 aromatic carbocycles. The Morgan fingerprint density at radius 3 is 2.83 bits per heavy atom. The van der Waals surface area contributed by atoms with Crippen molar-refractivity contribution in [2.75, 3.05) is 19.6 Å². The highest BCUT2D eigenvalue weighted by molar-refractivity contribution is 5.88. The number of hydrogen-bond acceptors (Lipinski definition) is 3. The molecule has 0 radical (unpaired) electrons. The predicted octanol–water partition coefficient (Wildman–Crippen LogP) is 0.391. The average Bonchev–Trinajstić information content (AvgIpc) is 2.80. The van der Waals surface area contributed by atoms with Crippen molar-refractivity contribution in [3.63, 3.8) is 0 Å². The summed E-state index contributed by atoms with van der Waals surface area (Å²) in [5.74, 6) is -0.328. The van der Waals surface area contributed by atoms with Crippen LogP contribution in [-0.4, -0.2) is 48.3 Å². The van der Waals surface area contributed by atoms with Crippen LogP contribution in [0.15, 0.2) is 24.3 Å². The van der Waals surface area contributed by atoms with E-state index in [1.165, 1.54) is 6.92 Å². The molecule has 23 heavy (non-hydrogen) atoms. The second-order valence-corrected chi connectivity index (χ2v) is 5.88. The van der Waals surface area contributed by atoms with Gasteiger partial charge in [0.15, 0.2) is 0 Å². The summed E-state index contributed by atoms with van der Waals surface area (Å²) in [4.78, 5) is 36.6. The number of hydrogen-bond donors (Lipinski definition) is 2. The first kappa shape index (κ1) is 17.0. The summed E-state index contributed by atoms with van der Waals surface area (Å²) in [5.41, 5.74) is 2.10. The fraction of sp³-hybridized carbons (Fsp3) is 0.471. The zero-order valence-electron chi connectivity index (χ0n) is 13.6. The first-order valence-corrected chi connectivity index (χ1v) is 7.84. The molecule has 0 spiro atoms. The van der Waals surface area contributed by atoms with Gasteiger partial charge in [-0.2, -0.15) is 0 Å². The van der Waals surface area contributed by atoms with Crippen LogP contribution in [0.2, 0.25) is 0 Å². The number of amides is 3. The van der Waals surface area contributed by atoms with Gasteiger partial charge in [-0.15, -0.1) is 0 Å². The third kappa shape index (κ3) is 5.09. The van der Waals surface area contributed by atoms with Gasteiger partial charge in [0.25, 0.3) is 0 Å². The first-order valence-electron chi connectivity index (χ1n) is 7.84. The van der Waals surface area contributed by atoms with Crippen LogP contribution in [0.4, 0.5) is 0 Å². The molecule has 1 aliphatic rings. The zero-order valence-corrected chi connectivity index (χ0v) is 13.6. The van der Waals surface area contributed by atoms with E-state index in [0.717, 1.165) is 11.1 Å². The van der Waals surface area contributed by atoms with Crippen LogP contribution in [0.5, 0.6) is 0 Å². The first-order chi connectivity index (χ1) is 11.0. The van der Waals surface area contributed by atoms with Crippen molar-refractivity contribution >= 4 is 17.7 Å². The Hall–Kier alpha value is -2.37. The largest absolute Gasteiger partial charge is 0.354 e. The highest BCUT2D eigenvalue weighted by Crippen LogP contribution is 2.10. The van der Waals surface area contributed by atoms with E-state index in [0.29, 0.717) is 32.5 Å². The maximum atomic E-state index is 12.0. The Morgan fingerprint density at radius 2 is 2.13 bits per heavy atom. The molecule has 1 fully saturated rings. The molecule has 1 atom stereocenters. The monoisotopic (exact) mass is 317 g/mol. The number of carbonyl (C=O) groups excluding carboxylic acids is 3. The van der Waals surface area contributed by atoms with Crippen molar-refractivity contribution in [1.82, 2.24) is 15.5 Å². The van der Waals surface area contributed by atoms with Crippen LogP contribution < -0.4 is 10.6 Å². The lowest BCUT2D eigenvalue weighted by atomic mass is 10.1. The lowest BCUT2D eigenvalue weighted by molar-refractivity contribution is -0.132. The van der Waals surface area contributed by atoms with Crippen LogP contribution in [-0.2, 0) is 20.8 Å². The molecule has 1 saturated heterocycles. The van der Waals surface area contributed by atoms with Gasteiger partial charge in [-0.05, 0) is 18.9 Å². The second-order valence-electron chi connectivity index (χ2n) is 5.88. The summed E-state index contributed by atoms with van der Waals surface area (Å²) in [6.07, 6.45) is 0.958. The molecule has 1 heterocycles. The maximum Gasteiger partial charge on any atom is 0.245 e. The van der Waals surface area contributed by atoms with E-state index in [9.17, 15) is 14.4 Å². The van der Waals surface area contributed by atoms with Gasteiger partial charge in [-0.25, -0.2) is 0 Å². The van der Waals surface area contributed by atoms with Crippen molar-refractivity contribution in [2.24, 2.45) is 0 Å². The van der Waals surface area contributed by atoms with E-state index in [-0.39, 0.29) is 17.7 Å². The minimum Gasteiger partial charge on any atom is -0.354 e. The SMILES string of the molecule is CC(=O)NC1CCN(CCNC(=O)Cc2cccc(C)c2)C1=O. The highest BCUT2D eigenvalue weighted by atomic mass is 16.2. The second kappa shape index (κ2) is 7.76. The van der Waals surface area contributed by atoms with Crippen LogP contribution >= 0.6 is 0 Å². The van der Waals surface area contributed by atoms with E-state index in [2.05, 4.69) is 10.6 Å². The zero-order chi connectivity index (χ0) is 16.8. The third-order valence-corrected chi connectivity index (χ3v) is 3.83. The summed E-state index contributed by atoms with van der Waals surface area (Å²) >= 11 is 0. The normalized spacial score (nSPS) is 17.2. The summed E-state index contributed by atoms with van der Waals surface area (Å²) < 4.78 is 0. The van der Waals surface area contributed by atoms with Gasteiger partial charge in [0.2, 0.25) is 17.7 Å². The molecule has 6 nitrogen and oxygen atoms in total. The van der Waals surface area contributed by atoms with Gasteiger partial charge >= 0.3 is 0 Å². The minimum atomic E-state index is -0.421. The summed E-state index contributed by atoms with van der Waals surface area (Å²) in [5, 5.41) is 5.47. The molecule has 0 saturated carbocycles. The number of likely N-dealkylation sites (tertiary alicyclic amines) is 1. The number of rotatable bonds is 6. The molecule has 0 aliphatic carbocycles. The van der Waals surface area contributed by atoms with Gasteiger partial charge in [-0.3, -0.25) is 14.4 Å². The molecule has 3 amide bonds. The van der Waals surface area contributed by atoms with Gasteiger partial charge in [0, 0.05) is 26.6 Å². The number of aryl methyl sites for hydroxylation is 1. The Balaban J connectivity index is 1.72. The van der Waals surface area contributed by atoms with Gasteiger partial charge in [-0.1, -0.05) is 29.8 Å². The average molecular weight is 317 g/mol. The van der Waals surface area contributed by atoms with Crippen molar-refractivity contribution in [2.45, 2.75) is 32.7 Å². The number of nitrogens with one attached hydrogen (secondary N) is 2. The van der Waals surface area contributed by atoms with Crippen molar-refractivity contribution < 1.29 is 14.4 Å². The quantitative estimate of drug-likeness (QED) is 0.797. The topological polar surface area (TPSA) is 78.5 Å². The van der Waals surface area contributed by atoms with Crippen molar-refractivity contribution in [3.05, 3.63) is 35.4 Å². The molecular formula is C17H23N3O3. The summed E-state index contributed by atoms with van der Waals surface area (Å²) in [6.45, 7) is 4.89. The number of benzene rings is 1. The van der Waals surface area contributed by atoms with Crippen LogP contribution in [0, 0.1) is 6.92 Å². The maximum absolute atomic E-state index is 12.0. The van der Waals surface area contributed by atoms with Crippen LogP contribution in [0.1, 0.15) is 24.5 Å². The molecule has 0 aromatic heterocycles. The lowest BCUT2D eigenvalue weighted by Gasteiger charge is -2.17. The van der Waals surface area contributed by atoms with Crippen molar-refractivity contribution in [3.8, 4) is 0 Å². The van der Waals surface area contributed by atoms with E-state index in [4.69, 9.17) is 0 Å². The standard InChI is InChI=1S/C17H23N3O3/c1-12-4-3-5-14(10-12)11-16(22)18-7-9-20-8-6-15(17(20)23)19-13(2)21/h3-5,10,15H,6-9,11H2,1-2H3,(H,18,22)(H,19,21). The van der Waals surface area contributed by atoms with E-state index < -0.39 is 6.04 Å². The molecule has 6 heteroatoms. The summed E-state index contributed by atoms with van der Waals surface area (Å²) in [6, 6.07) is 7.42. The highest BCUT2D eigenvalue weighted by Gasteiger charge is 2.31. The summed E-state index contributed by atoms with van der Waals surface area (Å²) in [7, 11) is 0. The molecule has 1 aliphatic heterocycles. The van der Waals surface area contributed by atoms with Gasteiger partial charge < -0.3 is 15.5 Å². The van der Waals surface area contributed by atoms with Gasteiger partial charge in [0.1, 0.15) is 6.04 Å². The molecular weight excluding hydrogens is 294 g/mol. The minimum absolute atomic E-state index is 0.0549. The van der Waals surface area contributed by atoms with Crippen LogP contribution in [0.25, 0.3) is 0 Å². The van der Waals surface area contributed by atoms with E-state index >= 15 is 0 Å². The fourth-order valence-corrected chi connectivity index (χ4v) is 2.74. The Kier molecular flexibility index (Phi) is 5.73. The lowest BCUT2D eigenvalue weighted by Crippen LogP contribution is -2.42. The molecule has 1 unspecified atom stereocenters. The van der Waals surface area contributed by atoms with Crippen molar-refractivity contribution in [1.29, 1.82) is 0 Å². The Labute approximate surface area is 136 Å². The predicted molar refractivity (Wildman–Crippen MR) is 86.7 cm³/mol. The molecule has 1 aromatic rings. The van der Waals surface area contributed by atoms with E-state index in [1.54, 1.807) is 4.90 Å². The molecule has 2 N–H and O–H groups in total. The Bertz CT molecular complexity index is 601. The van der Waals surface area contributed by atoms with Crippen LogP contribution in [0.3, 0.4) is 0 Å². The van der Waals surface area contributed by atoms with E-state index in [1.807, 2.05) is 31.2 Å². The number of carbonyl (C=O) groups is 3. The smallest absolute Gasteiger partial charge is 0.245 e. The molecule has 0 bridgehead atoms. The Morgan fingerprint density at radius 1 is 1.35 bits per heavy atom. The fourth-order valence-electron chi connectivity index (χ4n) is 2.74. The molecule has 2 rings (SSSR count). The molecule has 124 valence electrons. The van der Waals surface area contributed by atoms with Gasteiger partial charge in [0.05, 0.1) is 6.42 Å².